The van der Waals surface area contributed by atoms with Gasteiger partial charge in [0.25, 0.3) is 0 Å². The molecule has 0 amide bonds. The monoisotopic (exact) mass is 631 g/mol. The first-order chi connectivity index (χ1) is 21.2. The van der Waals surface area contributed by atoms with Gasteiger partial charge in [-0.05, 0) is 79.9 Å². The van der Waals surface area contributed by atoms with Crippen molar-refractivity contribution in [2.45, 2.75) is 50.0 Å². The van der Waals surface area contributed by atoms with Crippen molar-refractivity contribution in [1.29, 1.82) is 0 Å². The van der Waals surface area contributed by atoms with Crippen molar-refractivity contribution in [3.63, 3.8) is 0 Å². The zero-order valence-corrected chi connectivity index (χ0v) is 25.9. The Morgan fingerprint density at radius 1 is 1.07 bits per heavy atom. The number of pyridine rings is 1. The highest BCUT2D eigenvalue weighted by molar-refractivity contribution is 7.99. The van der Waals surface area contributed by atoms with Gasteiger partial charge in [0.15, 0.2) is 0 Å². The topological polar surface area (TPSA) is 75.1 Å². The highest BCUT2D eigenvalue weighted by atomic mass is 32.2. The number of hydrogen-bond acceptors (Lipinski definition) is 7. The van der Waals surface area contributed by atoms with Crippen LogP contribution in [-0.2, 0) is 22.5 Å². The van der Waals surface area contributed by atoms with Crippen LogP contribution in [0, 0.1) is 22.9 Å². The number of rotatable bonds is 13. The van der Waals surface area contributed by atoms with Gasteiger partial charge in [-0.1, -0.05) is 0 Å². The second kappa shape index (κ2) is 14.9. The molecule has 3 heterocycles. The molecule has 5 rings (SSSR count). The number of methoxy groups -OCH3 is 1. The number of carbonyl (C=O) groups is 1. The van der Waals surface area contributed by atoms with Crippen LogP contribution in [0.25, 0.3) is 10.9 Å². The summed E-state index contributed by atoms with van der Waals surface area (Å²) in [6.45, 7) is 6.03. The molecule has 0 radical (unpaired) electrons. The molecule has 7 nitrogen and oxygen atoms in total. The van der Waals surface area contributed by atoms with Crippen LogP contribution in [0.1, 0.15) is 43.2 Å². The first-order valence-electron chi connectivity index (χ1n) is 15.2. The van der Waals surface area contributed by atoms with Crippen LogP contribution < -0.4 is 4.74 Å². The molecule has 0 atom stereocenters. The molecule has 1 aromatic heterocycles. The molecule has 2 aliphatic rings. The summed E-state index contributed by atoms with van der Waals surface area (Å²) >= 11 is 1.04. The first kappa shape index (κ1) is 32.5. The quantitative estimate of drug-likeness (QED) is 0.225. The summed E-state index contributed by atoms with van der Waals surface area (Å²) in [5.41, 5.74) is 3.02. The Hall–Kier alpha value is -2.86. The molecular weight excluding hydrogens is 591 g/mol. The number of carboxylic acids is 1. The number of fused-ring (bicyclic) bond motifs is 1. The van der Waals surface area contributed by atoms with Crippen LogP contribution in [-0.4, -0.2) is 84.7 Å². The minimum absolute atomic E-state index is 0.118. The third-order valence-electron chi connectivity index (χ3n) is 8.97. The third kappa shape index (κ3) is 8.24. The number of nitrogens with zero attached hydrogens (tertiary/aromatic N) is 3. The van der Waals surface area contributed by atoms with E-state index in [0.717, 1.165) is 106 Å². The summed E-state index contributed by atoms with van der Waals surface area (Å²) in [6.07, 6.45) is 6.03. The predicted molar refractivity (Wildman–Crippen MR) is 165 cm³/mol. The second-order valence-corrected chi connectivity index (χ2v) is 13.0. The van der Waals surface area contributed by atoms with Gasteiger partial charge in [0.1, 0.15) is 23.2 Å². The maximum absolute atomic E-state index is 14.0. The highest BCUT2D eigenvalue weighted by Gasteiger charge is 2.36. The van der Waals surface area contributed by atoms with Crippen molar-refractivity contribution in [3.05, 3.63) is 65.1 Å². The maximum Gasteiger partial charge on any atom is 0.303 e. The van der Waals surface area contributed by atoms with Gasteiger partial charge < -0.3 is 19.5 Å². The number of aromatic nitrogens is 1. The van der Waals surface area contributed by atoms with E-state index in [-0.39, 0.29) is 16.7 Å². The van der Waals surface area contributed by atoms with E-state index >= 15 is 0 Å². The largest absolute Gasteiger partial charge is 0.497 e. The van der Waals surface area contributed by atoms with Gasteiger partial charge in [0, 0.05) is 55.6 Å². The molecule has 44 heavy (non-hydrogen) atoms. The van der Waals surface area contributed by atoms with E-state index in [2.05, 4.69) is 9.80 Å². The summed E-state index contributed by atoms with van der Waals surface area (Å²) in [5, 5.41) is 10.9. The number of likely N-dealkylation sites (tertiary alicyclic amines) is 1. The molecule has 0 unspecified atom stereocenters. The van der Waals surface area contributed by atoms with Crippen molar-refractivity contribution < 1.29 is 32.5 Å². The van der Waals surface area contributed by atoms with Gasteiger partial charge in [-0.25, -0.2) is 13.2 Å². The van der Waals surface area contributed by atoms with Gasteiger partial charge in [-0.3, -0.25) is 14.7 Å². The van der Waals surface area contributed by atoms with E-state index < -0.39 is 23.4 Å². The fourth-order valence-electron chi connectivity index (χ4n) is 6.50. The van der Waals surface area contributed by atoms with Crippen molar-refractivity contribution in [3.8, 4) is 5.75 Å². The lowest BCUT2D eigenvalue weighted by atomic mass is 9.72. The Morgan fingerprint density at radius 3 is 2.48 bits per heavy atom. The van der Waals surface area contributed by atoms with E-state index in [4.69, 9.17) is 14.5 Å². The van der Waals surface area contributed by atoms with Crippen LogP contribution in [0.15, 0.2) is 41.4 Å². The molecule has 1 N–H and O–H groups in total. The smallest absolute Gasteiger partial charge is 0.303 e. The zero-order chi connectivity index (χ0) is 31.1. The number of carboxylic acid groups (broad SMARTS) is 1. The lowest BCUT2D eigenvalue weighted by Crippen LogP contribution is -2.42. The van der Waals surface area contributed by atoms with Crippen molar-refractivity contribution in [2.75, 3.05) is 58.8 Å². The summed E-state index contributed by atoms with van der Waals surface area (Å²) < 4.78 is 52.3. The molecule has 2 fully saturated rings. The molecule has 3 aromatic rings. The molecule has 2 aromatic carbocycles. The fraction of sp³-hybridized carbons (Fsp3) is 0.515. The Morgan fingerprint density at radius 2 is 1.80 bits per heavy atom. The Bertz CT molecular complexity index is 1420. The van der Waals surface area contributed by atoms with Crippen LogP contribution in [0.4, 0.5) is 13.2 Å². The normalized spacial score (nSPS) is 17.6. The highest BCUT2D eigenvalue weighted by Crippen LogP contribution is 2.41. The lowest BCUT2D eigenvalue weighted by molar-refractivity contribution is -0.140. The Kier molecular flexibility index (Phi) is 11.1. The molecular formula is C33H40F3N3O4S. The van der Waals surface area contributed by atoms with Gasteiger partial charge in [-0.15, -0.1) is 11.8 Å². The van der Waals surface area contributed by atoms with E-state index in [0.29, 0.717) is 24.4 Å². The van der Waals surface area contributed by atoms with E-state index in [1.807, 2.05) is 24.4 Å². The number of aryl methyl sites for hydroxylation is 1. The molecule has 0 spiro atoms. The van der Waals surface area contributed by atoms with Gasteiger partial charge in [0.05, 0.1) is 37.2 Å². The first-order valence-corrected chi connectivity index (χ1v) is 16.2. The van der Waals surface area contributed by atoms with Crippen LogP contribution in [0.2, 0.25) is 0 Å². The van der Waals surface area contributed by atoms with Gasteiger partial charge in [0.2, 0.25) is 0 Å². The fourth-order valence-corrected chi connectivity index (χ4v) is 7.44. The molecule has 2 aliphatic heterocycles. The predicted octanol–water partition coefficient (Wildman–Crippen LogP) is 6.16. The molecule has 11 heteroatoms. The second-order valence-electron chi connectivity index (χ2n) is 11.8. The minimum atomic E-state index is -0.930. The number of hydrogen-bond donors (Lipinski definition) is 1. The number of halogens is 3. The van der Waals surface area contributed by atoms with Gasteiger partial charge >= 0.3 is 5.97 Å². The summed E-state index contributed by atoms with van der Waals surface area (Å²) in [6, 6.07) is 7.34. The summed E-state index contributed by atoms with van der Waals surface area (Å²) in [7, 11) is 1.66. The average Bonchev–Trinajstić information content (AvgIpc) is 3.00. The van der Waals surface area contributed by atoms with E-state index in [1.54, 1.807) is 7.11 Å². The average molecular weight is 632 g/mol. The van der Waals surface area contributed by atoms with Gasteiger partial charge in [-0.2, -0.15) is 0 Å². The van der Waals surface area contributed by atoms with Crippen LogP contribution in [0.3, 0.4) is 0 Å². The van der Waals surface area contributed by atoms with Crippen molar-refractivity contribution in [2.24, 2.45) is 5.41 Å². The Balaban J connectivity index is 1.23. The summed E-state index contributed by atoms with van der Waals surface area (Å²) in [5.74, 6) is -2.26. The SMILES string of the molecule is COc1ccc2ncc(CN3CCOCC3)c(CCCC3(CC(=O)O)CCN(CCSc4c(F)cc(F)cc4F)CC3)c2c1. The van der Waals surface area contributed by atoms with Crippen molar-refractivity contribution in [1.82, 2.24) is 14.8 Å². The maximum atomic E-state index is 14.0. The number of morpholine rings is 1. The number of benzene rings is 2. The number of piperidine rings is 1. The summed E-state index contributed by atoms with van der Waals surface area (Å²) in [4.78, 5) is 21.1. The molecule has 0 aliphatic carbocycles. The Labute approximate surface area is 260 Å². The number of ether oxygens (including phenoxy) is 2. The number of aliphatic carboxylic acids is 1. The lowest BCUT2D eigenvalue weighted by Gasteiger charge is -2.41. The van der Waals surface area contributed by atoms with E-state index in [1.165, 1.54) is 11.1 Å². The third-order valence-corrected chi connectivity index (χ3v) is 10.0. The van der Waals surface area contributed by atoms with Crippen LogP contribution >= 0.6 is 11.8 Å². The molecule has 0 saturated carbocycles. The molecule has 238 valence electrons. The number of thioether (sulfide) groups is 1. The molecule has 2 saturated heterocycles. The van der Waals surface area contributed by atoms with Crippen LogP contribution in [0.5, 0.6) is 5.75 Å². The van der Waals surface area contributed by atoms with Crippen molar-refractivity contribution >= 4 is 28.6 Å². The minimum Gasteiger partial charge on any atom is -0.497 e. The van der Waals surface area contributed by atoms with E-state index in [9.17, 15) is 23.1 Å². The standard InChI is InChI=1S/C33H40F3N3O4S/c1-42-25-4-5-30-27(19-25)26(23(21-37-30)22-39-11-14-43-15-12-39)3-2-6-33(20-31(40)41)7-9-38(10-8-33)13-16-44-32-28(35)17-24(34)18-29(32)36/h4-5,17-19,21H,2-3,6-16,20,22H2,1H3,(H,40,41). The zero-order valence-electron chi connectivity index (χ0n) is 25.1. The molecule has 0 bridgehead atoms.